The summed E-state index contributed by atoms with van der Waals surface area (Å²) in [6.07, 6.45) is -0.250. The van der Waals surface area contributed by atoms with Gasteiger partial charge in [-0.2, -0.15) is 21.9 Å². The number of carbonyl (C=O) groups excluding carboxylic acids is 1. The van der Waals surface area contributed by atoms with Gasteiger partial charge in [0.25, 0.3) is 0 Å². The van der Waals surface area contributed by atoms with Crippen LogP contribution in [-0.2, 0) is 25.2 Å². The summed E-state index contributed by atoms with van der Waals surface area (Å²) in [5.41, 5.74) is -5.17. The molecule has 1 aromatic rings. The summed E-state index contributed by atoms with van der Waals surface area (Å²) in [4.78, 5) is 28.8. The average Bonchev–Trinajstić information content (AvgIpc) is 2.34. The van der Waals surface area contributed by atoms with Crippen molar-refractivity contribution in [1.82, 2.24) is 9.44 Å². The number of carbonyl (C=O) groups is 1. The van der Waals surface area contributed by atoms with Crippen molar-refractivity contribution < 1.29 is 36.3 Å². The number of rotatable bonds is 3. The summed E-state index contributed by atoms with van der Waals surface area (Å²) >= 11 is 2.78. The van der Waals surface area contributed by atoms with E-state index in [9.17, 15) is 26.6 Å². The highest BCUT2D eigenvalue weighted by molar-refractivity contribution is 9.10. The third kappa shape index (κ3) is 3.78. The van der Waals surface area contributed by atoms with Crippen LogP contribution >= 0.6 is 23.5 Å². The smallest absolute Gasteiger partial charge is 0.320 e. The molecule has 1 fully saturated rings. The Balaban J connectivity index is 2.41. The van der Waals surface area contributed by atoms with E-state index >= 15 is 0 Å². The number of alkyl halides is 2. The van der Waals surface area contributed by atoms with E-state index in [1.807, 2.05) is 0 Å². The lowest BCUT2D eigenvalue weighted by Crippen LogP contribution is -2.48. The van der Waals surface area contributed by atoms with E-state index in [1.54, 1.807) is 4.72 Å². The first kappa shape index (κ1) is 18.4. The van der Waals surface area contributed by atoms with E-state index < -0.39 is 41.0 Å². The van der Waals surface area contributed by atoms with Gasteiger partial charge in [-0.1, -0.05) is 28.1 Å². The Morgan fingerprint density at radius 2 is 1.96 bits per heavy atom. The van der Waals surface area contributed by atoms with E-state index in [4.69, 9.17) is 9.79 Å². The minimum atomic E-state index is -5.73. The van der Waals surface area contributed by atoms with Crippen LogP contribution in [0.25, 0.3) is 0 Å². The molecular formula is C10H10BrF2N2O6PS. The summed E-state index contributed by atoms with van der Waals surface area (Å²) < 4.78 is 64.7. The van der Waals surface area contributed by atoms with Crippen LogP contribution in [0, 0.1) is 0 Å². The van der Waals surface area contributed by atoms with Gasteiger partial charge in [-0.05, 0) is 11.6 Å². The van der Waals surface area contributed by atoms with Crippen molar-refractivity contribution in [1.29, 1.82) is 0 Å². The van der Waals surface area contributed by atoms with Crippen LogP contribution < -0.4 is 9.44 Å². The molecule has 0 bridgehead atoms. The summed E-state index contributed by atoms with van der Waals surface area (Å²) in [6.45, 7) is 0. The zero-order valence-electron chi connectivity index (χ0n) is 11.0. The lowest BCUT2D eigenvalue weighted by atomic mass is 10.0. The Bertz CT molecular complexity index is 812. The Hall–Kier alpha value is -0.910. The number of benzene rings is 1. The molecule has 0 radical (unpaired) electrons. The van der Waals surface area contributed by atoms with E-state index in [0.29, 0.717) is 0 Å². The monoisotopic (exact) mass is 434 g/mol. The molecule has 1 aliphatic rings. The molecule has 1 saturated heterocycles. The van der Waals surface area contributed by atoms with Gasteiger partial charge in [0.2, 0.25) is 5.91 Å². The Kier molecular flexibility index (Phi) is 4.70. The first-order chi connectivity index (χ1) is 10.3. The van der Waals surface area contributed by atoms with E-state index in [0.717, 1.165) is 18.2 Å². The number of hydrogen-bond acceptors (Lipinski definition) is 4. The topological polar surface area (TPSA) is 133 Å². The van der Waals surface area contributed by atoms with Crippen molar-refractivity contribution in [3.63, 3.8) is 0 Å². The van der Waals surface area contributed by atoms with Gasteiger partial charge in [-0.15, -0.1) is 0 Å². The lowest BCUT2D eigenvalue weighted by Gasteiger charge is -2.25. The van der Waals surface area contributed by atoms with Crippen LogP contribution in [-0.4, -0.2) is 24.1 Å². The Morgan fingerprint density at radius 3 is 2.43 bits per heavy atom. The minimum Gasteiger partial charge on any atom is -0.320 e. The second-order valence-corrected chi connectivity index (χ2v) is 8.68. The molecular weight excluding hydrogens is 425 g/mol. The second kappa shape index (κ2) is 5.87. The Labute approximate surface area is 137 Å². The summed E-state index contributed by atoms with van der Waals surface area (Å²) in [7, 11) is -9.78. The van der Waals surface area contributed by atoms with Crippen molar-refractivity contribution >= 4 is 39.6 Å². The highest BCUT2D eigenvalue weighted by Crippen LogP contribution is 2.60. The van der Waals surface area contributed by atoms with Crippen LogP contribution in [0.1, 0.15) is 23.6 Å². The zero-order valence-corrected chi connectivity index (χ0v) is 14.3. The van der Waals surface area contributed by atoms with Gasteiger partial charge in [0.05, 0.1) is 6.04 Å². The highest BCUT2D eigenvalue weighted by Gasteiger charge is 2.51. The highest BCUT2D eigenvalue weighted by atomic mass is 79.9. The molecule has 1 aromatic carbocycles. The average molecular weight is 435 g/mol. The molecule has 0 spiro atoms. The van der Waals surface area contributed by atoms with Gasteiger partial charge >= 0.3 is 23.5 Å². The van der Waals surface area contributed by atoms with E-state index in [2.05, 4.69) is 20.7 Å². The van der Waals surface area contributed by atoms with Crippen molar-refractivity contribution in [3.8, 4) is 0 Å². The van der Waals surface area contributed by atoms with Crippen LogP contribution in [0.3, 0.4) is 0 Å². The van der Waals surface area contributed by atoms with Gasteiger partial charge in [0.1, 0.15) is 0 Å². The van der Waals surface area contributed by atoms with Crippen molar-refractivity contribution in [2.24, 2.45) is 0 Å². The van der Waals surface area contributed by atoms with Crippen LogP contribution in [0.15, 0.2) is 22.7 Å². The quantitative estimate of drug-likeness (QED) is 0.526. The van der Waals surface area contributed by atoms with Gasteiger partial charge in [-0.25, -0.2) is 4.72 Å². The molecule has 4 N–H and O–H groups in total. The molecule has 0 saturated carbocycles. The SMILES string of the molecule is O=C1CC(c2ccc(C(F)(F)P(=O)(O)O)c(Br)c2)NS(=O)(=O)N1. The molecule has 0 aromatic heterocycles. The fourth-order valence-corrected chi connectivity index (χ4v) is 4.31. The molecule has 8 nitrogen and oxygen atoms in total. The zero-order chi connectivity index (χ0) is 17.6. The van der Waals surface area contributed by atoms with Crippen LogP contribution in [0.2, 0.25) is 0 Å². The number of halogens is 3. The third-order valence-corrected chi connectivity index (χ3v) is 5.74. The molecule has 23 heavy (non-hydrogen) atoms. The third-order valence-electron chi connectivity index (χ3n) is 3.02. The maximum Gasteiger partial charge on any atom is 0.399 e. The normalized spacial score (nSPS) is 21.8. The minimum absolute atomic E-state index is 0.181. The first-order valence-corrected chi connectivity index (χ1v) is 9.78. The van der Waals surface area contributed by atoms with Gasteiger partial charge in [-0.3, -0.25) is 9.36 Å². The molecule has 13 heteroatoms. The van der Waals surface area contributed by atoms with Crippen LogP contribution in [0.5, 0.6) is 0 Å². The predicted molar refractivity (Wildman–Crippen MR) is 77.6 cm³/mol. The number of nitrogens with one attached hydrogen (secondary N) is 2. The van der Waals surface area contributed by atoms with Crippen LogP contribution in [0.4, 0.5) is 8.78 Å². The number of hydrogen-bond donors (Lipinski definition) is 4. The number of amides is 1. The van der Waals surface area contributed by atoms with Gasteiger partial charge in [0, 0.05) is 16.5 Å². The molecule has 1 amide bonds. The van der Waals surface area contributed by atoms with Crippen molar-refractivity contribution in [2.75, 3.05) is 0 Å². The molecule has 0 aliphatic carbocycles. The van der Waals surface area contributed by atoms with Gasteiger partial charge < -0.3 is 9.79 Å². The van der Waals surface area contributed by atoms with Gasteiger partial charge in [0.15, 0.2) is 0 Å². The fourth-order valence-electron chi connectivity index (χ4n) is 1.97. The summed E-state index contributed by atoms with van der Waals surface area (Å²) in [5.74, 6) is -0.769. The first-order valence-electron chi connectivity index (χ1n) is 5.90. The fraction of sp³-hybridized carbons (Fsp3) is 0.300. The molecule has 1 unspecified atom stereocenters. The molecule has 2 rings (SSSR count). The molecule has 128 valence electrons. The maximum absolute atomic E-state index is 13.7. The van der Waals surface area contributed by atoms with Crippen molar-refractivity contribution in [3.05, 3.63) is 33.8 Å². The molecule has 1 aliphatic heterocycles. The maximum atomic E-state index is 13.7. The Morgan fingerprint density at radius 1 is 1.35 bits per heavy atom. The van der Waals surface area contributed by atoms with E-state index in [1.165, 1.54) is 0 Å². The standard InChI is InChI=1S/C10H10BrF2N2O6PS/c11-7-3-5(8-4-9(16)15-23(20,21)14-8)1-2-6(7)10(12,13)22(17,18)19/h1-3,8,14H,4H2,(H,15,16)(H2,17,18,19). The van der Waals surface area contributed by atoms with Crippen molar-refractivity contribution in [2.45, 2.75) is 18.1 Å². The summed E-state index contributed by atoms with van der Waals surface area (Å²) in [5, 5.41) is 0. The molecule has 1 heterocycles. The molecule has 1 atom stereocenters. The predicted octanol–water partition coefficient (Wildman–Crippen LogP) is 1.07. The van der Waals surface area contributed by atoms with E-state index in [-0.39, 0.29) is 16.5 Å². The largest absolute Gasteiger partial charge is 0.399 e. The lowest BCUT2D eigenvalue weighted by molar-refractivity contribution is -0.120. The summed E-state index contributed by atoms with van der Waals surface area (Å²) in [6, 6.07) is 1.92. The second-order valence-electron chi connectivity index (χ2n) is 4.73.